The van der Waals surface area contributed by atoms with E-state index in [0.29, 0.717) is 17.4 Å². The predicted octanol–water partition coefficient (Wildman–Crippen LogP) is 21.8. The van der Waals surface area contributed by atoms with Crippen LogP contribution in [0.3, 0.4) is 0 Å². The van der Waals surface area contributed by atoms with Crippen molar-refractivity contribution in [3.05, 3.63) is 109 Å². The SMILES string of the molecule is CC/C=C\C/C=C\C/C=C\C/C=C\C/C=C\C/C=C\C/C=C\CCCCCCCCCCCCCCCCCCCCCC(=O)OC(COC(=O)CCCCCCCCCCC/C=C\C/C=C\CCCCC)COC(OCC[N+](C)(C)C)C(=O)O. The highest BCUT2D eigenvalue weighted by Crippen LogP contribution is 2.17. The maximum Gasteiger partial charge on any atom is 0.361 e. The predicted molar refractivity (Wildman–Crippen MR) is 364 cm³/mol. The van der Waals surface area contributed by atoms with Crippen LogP contribution in [0.1, 0.15) is 296 Å². The molecule has 0 aliphatic heterocycles. The third kappa shape index (κ3) is 67.3. The molecule has 0 aromatic heterocycles. The number of likely N-dealkylation sites (N-methyl/N-ethyl adjacent to an activating group) is 1. The number of ether oxygens (including phenoxy) is 4. The Morgan fingerprint density at radius 2 is 0.671 bits per heavy atom. The number of quaternary nitrogens is 1. The average molecular weight is 1190 g/mol. The minimum absolute atomic E-state index is 0.185. The van der Waals surface area contributed by atoms with Gasteiger partial charge in [0.05, 0.1) is 34.4 Å². The number of rotatable bonds is 64. The van der Waals surface area contributed by atoms with Gasteiger partial charge in [0.25, 0.3) is 6.29 Å². The van der Waals surface area contributed by atoms with E-state index in [1.165, 1.54) is 180 Å². The van der Waals surface area contributed by atoms with E-state index in [0.717, 1.165) is 89.9 Å². The second-order valence-corrected chi connectivity index (χ2v) is 24.5. The van der Waals surface area contributed by atoms with Crippen LogP contribution >= 0.6 is 0 Å². The van der Waals surface area contributed by atoms with Crippen LogP contribution < -0.4 is 0 Å². The lowest BCUT2D eigenvalue weighted by Crippen LogP contribution is -2.40. The minimum Gasteiger partial charge on any atom is -0.477 e. The van der Waals surface area contributed by atoms with Crippen LogP contribution in [-0.2, 0) is 33.3 Å². The monoisotopic (exact) mass is 1190 g/mol. The molecular weight excluding hydrogens is 1050 g/mol. The number of allylic oxidation sites excluding steroid dienone is 18. The smallest absolute Gasteiger partial charge is 0.361 e. The topological polar surface area (TPSA) is 108 Å². The summed E-state index contributed by atoms with van der Waals surface area (Å²) in [6.45, 7) is 4.75. The Morgan fingerprint density at radius 3 is 1.00 bits per heavy atom. The van der Waals surface area contributed by atoms with Gasteiger partial charge in [0.2, 0.25) is 0 Å². The maximum absolute atomic E-state index is 12.9. The summed E-state index contributed by atoms with van der Waals surface area (Å²) in [6, 6.07) is 0. The molecular formula is C76H132NO8+. The highest BCUT2D eigenvalue weighted by Gasteiger charge is 2.25. The average Bonchev–Trinajstić information content (AvgIpc) is 3.49. The molecule has 85 heavy (non-hydrogen) atoms. The Bertz CT molecular complexity index is 1760. The number of carbonyl (C=O) groups is 3. The number of esters is 2. The number of unbranched alkanes of at least 4 members (excludes halogenated alkanes) is 31. The molecule has 0 aliphatic rings. The molecule has 2 atom stereocenters. The van der Waals surface area contributed by atoms with Crippen LogP contribution in [0.15, 0.2) is 109 Å². The normalized spacial score (nSPS) is 13.4. The second kappa shape index (κ2) is 65.9. The van der Waals surface area contributed by atoms with Gasteiger partial charge < -0.3 is 28.5 Å². The van der Waals surface area contributed by atoms with E-state index in [4.69, 9.17) is 18.9 Å². The summed E-state index contributed by atoms with van der Waals surface area (Å²) in [5.74, 6) is -2.00. The van der Waals surface area contributed by atoms with Gasteiger partial charge in [-0.2, -0.15) is 0 Å². The molecule has 0 saturated heterocycles. The Balaban J connectivity index is 4.03. The van der Waals surface area contributed by atoms with E-state index >= 15 is 0 Å². The number of nitrogens with zero attached hydrogens (tertiary/aromatic N) is 1. The van der Waals surface area contributed by atoms with E-state index < -0.39 is 24.3 Å². The van der Waals surface area contributed by atoms with Gasteiger partial charge in [0, 0.05) is 12.8 Å². The molecule has 0 bridgehead atoms. The molecule has 0 saturated carbocycles. The van der Waals surface area contributed by atoms with Gasteiger partial charge >= 0.3 is 17.9 Å². The summed E-state index contributed by atoms with van der Waals surface area (Å²) < 4.78 is 23.0. The van der Waals surface area contributed by atoms with Gasteiger partial charge in [-0.3, -0.25) is 9.59 Å². The fraction of sp³-hybridized carbons (Fsp3) is 0.724. The first-order valence-corrected chi connectivity index (χ1v) is 35.1. The van der Waals surface area contributed by atoms with Crippen LogP contribution in [0.2, 0.25) is 0 Å². The molecule has 1 N–H and O–H groups in total. The lowest BCUT2D eigenvalue weighted by Gasteiger charge is -2.25. The number of aliphatic carboxylic acids is 1. The van der Waals surface area contributed by atoms with Crippen LogP contribution in [0.25, 0.3) is 0 Å². The van der Waals surface area contributed by atoms with E-state index in [-0.39, 0.29) is 32.2 Å². The zero-order chi connectivity index (χ0) is 61.9. The van der Waals surface area contributed by atoms with Crippen molar-refractivity contribution in [2.24, 2.45) is 0 Å². The van der Waals surface area contributed by atoms with Crippen molar-refractivity contribution in [1.29, 1.82) is 0 Å². The Labute approximate surface area is 524 Å². The van der Waals surface area contributed by atoms with Crippen LogP contribution in [0, 0.1) is 0 Å². The first-order chi connectivity index (χ1) is 41.6. The minimum atomic E-state index is -1.51. The quantitative estimate of drug-likeness (QED) is 0.0211. The van der Waals surface area contributed by atoms with Gasteiger partial charge in [-0.05, 0) is 103 Å². The number of carboxylic acids is 1. The fourth-order valence-corrected chi connectivity index (χ4v) is 9.67. The zero-order valence-corrected chi connectivity index (χ0v) is 55.7. The molecule has 0 rings (SSSR count). The highest BCUT2D eigenvalue weighted by atomic mass is 16.7. The first-order valence-electron chi connectivity index (χ1n) is 35.1. The van der Waals surface area contributed by atoms with Crippen molar-refractivity contribution in [3.8, 4) is 0 Å². The van der Waals surface area contributed by atoms with E-state index in [1.54, 1.807) is 0 Å². The summed E-state index contributed by atoms with van der Waals surface area (Å²) >= 11 is 0. The van der Waals surface area contributed by atoms with Crippen LogP contribution in [0.4, 0.5) is 0 Å². The summed E-state index contributed by atoms with van der Waals surface area (Å²) in [7, 11) is 5.98. The van der Waals surface area contributed by atoms with Gasteiger partial charge in [-0.25, -0.2) is 4.79 Å². The fourth-order valence-electron chi connectivity index (χ4n) is 9.67. The summed E-state index contributed by atoms with van der Waals surface area (Å²) in [5.41, 5.74) is 0. The summed E-state index contributed by atoms with van der Waals surface area (Å²) in [6.07, 6.45) is 89.2. The van der Waals surface area contributed by atoms with Crippen molar-refractivity contribution in [2.45, 2.75) is 309 Å². The molecule has 0 amide bonds. The molecule has 0 spiro atoms. The zero-order valence-electron chi connectivity index (χ0n) is 55.7. The van der Waals surface area contributed by atoms with Crippen LogP contribution in [0.5, 0.6) is 0 Å². The molecule has 9 nitrogen and oxygen atoms in total. The lowest BCUT2D eigenvalue weighted by molar-refractivity contribution is -0.870. The largest absolute Gasteiger partial charge is 0.477 e. The third-order valence-electron chi connectivity index (χ3n) is 15.0. The molecule has 0 aromatic rings. The molecule has 0 radical (unpaired) electrons. The lowest BCUT2D eigenvalue weighted by atomic mass is 10.0. The molecule has 488 valence electrons. The molecule has 0 heterocycles. The third-order valence-corrected chi connectivity index (χ3v) is 15.0. The maximum atomic E-state index is 12.9. The van der Waals surface area contributed by atoms with Crippen molar-refractivity contribution in [2.75, 3.05) is 47.5 Å². The highest BCUT2D eigenvalue weighted by molar-refractivity contribution is 5.71. The molecule has 0 aromatic carbocycles. The van der Waals surface area contributed by atoms with Gasteiger partial charge in [-0.15, -0.1) is 0 Å². The Hall–Kier alpha value is -4.05. The van der Waals surface area contributed by atoms with Crippen molar-refractivity contribution in [3.63, 3.8) is 0 Å². The van der Waals surface area contributed by atoms with Crippen LogP contribution in [-0.4, -0.2) is 87.4 Å². The summed E-state index contributed by atoms with van der Waals surface area (Å²) in [5, 5.41) is 9.74. The molecule has 9 heteroatoms. The van der Waals surface area contributed by atoms with Crippen molar-refractivity contribution in [1.82, 2.24) is 0 Å². The second-order valence-electron chi connectivity index (χ2n) is 24.5. The number of hydrogen-bond acceptors (Lipinski definition) is 7. The van der Waals surface area contributed by atoms with Crippen molar-refractivity contribution >= 4 is 17.9 Å². The first kappa shape index (κ1) is 81.0. The van der Waals surface area contributed by atoms with E-state index in [1.807, 2.05) is 21.1 Å². The standard InChI is InChI=1S/C76H131NO8/c1-6-8-10-12-14-16-18-20-22-24-26-27-28-29-30-31-32-33-34-35-36-37-38-39-40-41-42-43-44-45-46-47-49-51-53-55-57-59-61-63-65-67-74(79)85-72(71-84-76(75(80)81)82-69-68-77(3,4)5)70-83-73(78)66-64-62-60-58-56-54-52-50-48-25-23-21-19-17-15-13-11-9-7-2/h8,10,14-17,20-23,26-27,29-30,32-33,35-36,72,76H,6-7,9,11-13,18-19,24-25,28,31,34,37-71H2,1-5H3/p+1/b10-8-,16-14-,17-15-,22-20-,23-21-,27-26-,30-29-,33-32-,36-35-. The number of carboxylic acid groups (broad SMARTS) is 1. The Kier molecular flexibility index (Phi) is 62.8. The number of carbonyl (C=O) groups excluding carboxylic acids is 2. The molecule has 2 unspecified atom stereocenters. The number of hydrogen-bond donors (Lipinski definition) is 1. The van der Waals surface area contributed by atoms with E-state index in [2.05, 4.69) is 123 Å². The summed E-state index contributed by atoms with van der Waals surface area (Å²) in [4.78, 5) is 37.6. The van der Waals surface area contributed by atoms with Gasteiger partial charge in [0.1, 0.15) is 13.2 Å². The molecule has 0 aliphatic carbocycles. The van der Waals surface area contributed by atoms with E-state index in [9.17, 15) is 19.5 Å². The van der Waals surface area contributed by atoms with Crippen molar-refractivity contribution < 1.29 is 42.9 Å². The van der Waals surface area contributed by atoms with Gasteiger partial charge in [-0.1, -0.05) is 290 Å². The van der Waals surface area contributed by atoms with Gasteiger partial charge in [0.15, 0.2) is 6.10 Å². The molecule has 0 fully saturated rings. The Morgan fingerprint density at radius 1 is 0.365 bits per heavy atom.